The lowest BCUT2D eigenvalue weighted by Crippen LogP contribution is -2.42. The number of nitrogens with zero attached hydrogens (tertiary/aromatic N) is 2. The highest BCUT2D eigenvalue weighted by molar-refractivity contribution is 5.72. The Hall–Kier alpha value is -1.15. The lowest BCUT2D eigenvalue weighted by atomic mass is 10.0. The molecule has 0 radical (unpaired) electrons. The molecule has 2 heterocycles. The van der Waals surface area contributed by atoms with E-state index in [0.717, 1.165) is 0 Å². The van der Waals surface area contributed by atoms with Crippen LogP contribution in [0.3, 0.4) is 0 Å². The van der Waals surface area contributed by atoms with Gasteiger partial charge in [-0.25, -0.2) is 0 Å². The lowest BCUT2D eigenvalue weighted by Gasteiger charge is -2.35. The van der Waals surface area contributed by atoms with Crippen molar-refractivity contribution in [1.82, 2.24) is 9.88 Å². The van der Waals surface area contributed by atoms with Gasteiger partial charge in [-0.1, -0.05) is 6.08 Å². The van der Waals surface area contributed by atoms with Crippen molar-refractivity contribution in [3.05, 3.63) is 35.7 Å². The van der Waals surface area contributed by atoms with Crippen molar-refractivity contribution in [2.24, 2.45) is 0 Å². The zero-order valence-electron chi connectivity index (χ0n) is 9.82. The van der Waals surface area contributed by atoms with E-state index in [0.29, 0.717) is 6.04 Å². The summed E-state index contributed by atoms with van der Waals surface area (Å²) in [6, 6.07) is 2.76. The van der Waals surface area contributed by atoms with Gasteiger partial charge in [-0.2, -0.15) is 0 Å². The van der Waals surface area contributed by atoms with Gasteiger partial charge in [0, 0.05) is 18.4 Å². The summed E-state index contributed by atoms with van der Waals surface area (Å²) >= 11 is 0. The summed E-state index contributed by atoms with van der Waals surface area (Å²) in [6.45, 7) is 4.85. The highest BCUT2D eigenvalue weighted by Crippen LogP contribution is 2.32. The predicted octanol–water partition coefficient (Wildman–Crippen LogP) is 2.51. The highest BCUT2D eigenvalue weighted by atomic mass is 15.2. The van der Waals surface area contributed by atoms with E-state index in [1.165, 1.54) is 49.1 Å². The van der Waals surface area contributed by atoms with E-state index < -0.39 is 0 Å². The van der Waals surface area contributed by atoms with Gasteiger partial charge in [-0.3, -0.25) is 9.88 Å². The predicted molar refractivity (Wildman–Crippen MR) is 66.2 cm³/mol. The molecule has 0 amide bonds. The van der Waals surface area contributed by atoms with E-state index in [2.05, 4.69) is 29.0 Å². The van der Waals surface area contributed by atoms with Crippen LogP contribution in [0.1, 0.15) is 30.9 Å². The molecule has 1 fully saturated rings. The Labute approximate surface area is 97.0 Å². The third-order valence-corrected chi connectivity index (χ3v) is 3.82. The number of hydrogen-bond acceptors (Lipinski definition) is 2. The van der Waals surface area contributed by atoms with Crippen LogP contribution in [0, 0.1) is 0 Å². The summed E-state index contributed by atoms with van der Waals surface area (Å²) in [7, 11) is 0. The molecule has 1 aliphatic carbocycles. The van der Waals surface area contributed by atoms with Crippen LogP contribution in [0.5, 0.6) is 0 Å². The maximum atomic E-state index is 4.19. The molecule has 1 aliphatic heterocycles. The number of likely N-dealkylation sites (tertiary alicyclic amines) is 1. The number of aryl methyl sites for hydroxylation is 1. The lowest BCUT2D eigenvalue weighted by molar-refractivity contribution is 0.154. The molecule has 1 aromatic rings. The number of hydrogen-bond donors (Lipinski definition) is 0. The summed E-state index contributed by atoms with van der Waals surface area (Å²) in [5.41, 5.74) is 4.38. The minimum atomic E-state index is 0.600. The van der Waals surface area contributed by atoms with Crippen molar-refractivity contribution in [3.8, 4) is 0 Å². The monoisotopic (exact) mass is 214 g/mol. The molecule has 2 nitrogen and oxygen atoms in total. The van der Waals surface area contributed by atoms with Gasteiger partial charge in [0.1, 0.15) is 0 Å². The van der Waals surface area contributed by atoms with Gasteiger partial charge in [0.15, 0.2) is 0 Å². The topological polar surface area (TPSA) is 16.1 Å². The van der Waals surface area contributed by atoms with Crippen LogP contribution in [0.4, 0.5) is 0 Å². The first kappa shape index (κ1) is 10.0. The standard InChI is InChI=1S/C14H18N2/c1-11(16-7-2-8-16)9-12-3-4-13-10-15-6-5-14(12)13/h5-6,9-11H,2-4,7-8H2,1H3/b12-9+. The van der Waals surface area contributed by atoms with E-state index in [-0.39, 0.29) is 0 Å². The molecule has 2 heteroatoms. The summed E-state index contributed by atoms with van der Waals surface area (Å²) in [5, 5.41) is 0. The number of pyridine rings is 1. The Morgan fingerprint density at radius 3 is 3.00 bits per heavy atom. The molecule has 1 unspecified atom stereocenters. The minimum absolute atomic E-state index is 0.600. The van der Waals surface area contributed by atoms with Gasteiger partial charge in [-0.15, -0.1) is 0 Å². The Morgan fingerprint density at radius 1 is 1.38 bits per heavy atom. The first-order chi connectivity index (χ1) is 7.84. The van der Waals surface area contributed by atoms with Crippen LogP contribution < -0.4 is 0 Å². The zero-order valence-corrected chi connectivity index (χ0v) is 9.82. The zero-order chi connectivity index (χ0) is 11.0. The van der Waals surface area contributed by atoms with Crippen LogP contribution in [-0.2, 0) is 6.42 Å². The Balaban J connectivity index is 1.83. The molecule has 0 aromatic carbocycles. The second-order valence-electron chi connectivity index (χ2n) is 4.85. The molecular weight excluding hydrogens is 196 g/mol. The molecule has 1 atom stereocenters. The fourth-order valence-corrected chi connectivity index (χ4v) is 2.66. The Kier molecular flexibility index (Phi) is 2.52. The molecule has 0 saturated carbocycles. The Morgan fingerprint density at radius 2 is 2.25 bits per heavy atom. The maximum Gasteiger partial charge on any atom is 0.0306 e. The van der Waals surface area contributed by atoms with Crippen LogP contribution in [0.15, 0.2) is 24.5 Å². The van der Waals surface area contributed by atoms with Crippen LogP contribution >= 0.6 is 0 Å². The first-order valence-electron chi connectivity index (χ1n) is 6.22. The second kappa shape index (κ2) is 4.02. The molecule has 16 heavy (non-hydrogen) atoms. The van der Waals surface area contributed by atoms with Gasteiger partial charge in [0.2, 0.25) is 0 Å². The number of aromatic nitrogens is 1. The molecule has 0 spiro atoms. The fourth-order valence-electron chi connectivity index (χ4n) is 2.66. The maximum absolute atomic E-state index is 4.19. The number of fused-ring (bicyclic) bond motifs is 1. The fraction of sp³-hybridized carbons (Fsp3) is 0.500. The number of allylic oxidation sites excluding steroid dienone is 1. The third kappa shape index (κ3) is 1.67. The SMILES string of the molecule is CC(/C=C1\CCc2cnccc21)N1CCC1. The Bertz CT molecular complexity index is 418. The smallest absolute Gasteiger partial charge is 0.0306 e. The summed E-state index contributed by atoms with van der Waals surface area (Å²) in [6.07, 6.45) is 10.1. The average Bonchev–Trinajstić information content (AvgIpc) is 2.59. The molecular formula is C14H18N2. The second-order valence-corrected chi connectivity index (χ2v) is 4.85. The van der Waals surface area contributed by atoms with E-state index in [1.807, 2.05) is 12.4 Å². The molecule has 0 N–H and O–H groups in total. The van der Waals surface area contributed by atoms with Gasteiger partial charge in [-0.05, 0) is 62.0 Å². The van der Waals surface area contributed by atoms with Crippen molar-refractivity contribution in [2.75, 3.05) is 13.1 Å². The van der Waals surface area contributed by atoms with Crippen molar-refractivity contribution < 1.29 is 0 Å². The van der Waals surface area contributed by atoms with Crippen molar-refractivity contribution in [3.63, 3.8) is 0 Å². The van der Waals surface area contributed by atoms with Crippen LogP contribution in [0.25, 0.3) is 5.57 Å². The van der Waals surface area contributed by atoms with E-state index >= 15 is 0 Å². The van der Waals surface area contributed by atoms with Crippen molar-refractivity contribution in [1.29, 1.82) is 0 Å². The quantitative estimate of drug-likeness (QED) is 0.752. The summed E-state index contributed by atoms with van der Waals surface area (Å²) < 4.78 is 0. The molecule has 0 bridgehead atoms. The van der Waals surface area contributed by atoms with Crippen molar-refractivity contribution in [2.45, 2.75) is 32.2 Å². The van der Waals surface area contributed by atoms with Crippen LogP contribution in [-0.4, -0.2) is 29.0 Å². The van der Waals surface area contributed by atoms with Crippen LogP contribution in [0.2, 0.25) is 0 Å². The molecule has 1 aromatic heterocycles. The third-order valence-electron chi connectivity index (χ3n) is 3.82. The number of rotatable bonds is 2. The molecule has 84 valence electrons. The van der Waals surface area contributed by atoms with Gasteiger partial charge >= 0.3 is 0 Å². The highest BCUT2D eigenvalue weighted by Gasteiger charge is 2.21. The first-order valence-corrected chi connectivity index (χ1v) is 6.22. The largest absolute Gasteiger partial charge is 0.297 e. The normalized spacial score (nSPS) is 24.2. The van der Waals surface area contributed by atoms with Crippen molar-refractivity contribution >= 4 is 5.57 Å². The molecule has 2 aliphatic rings. The van der Waals surface area contributed by atoms with E-state index in [9.17, 15) is 0 Å². The van der Waals surface area contributed by atoms with E-state index in [1.54, 1.807) is 0 Å². The minimum Gasteiger partial charge on any atom is -0.297 e. The van der Waals surface area contributed by atoms with Gasteiger partial charge in [0.05, 0.1) is 0 Å². The molecule has 1 saturated heterocycles. The van der Waals surface area contributed by atoms with Gasteiger partial charge in [0.25, 0.3) is 0 Å². The van der Waals surface area contributed by atoms with Gasteiger partial charge < -0.3 is 0 Å². The average molecular weight is 214 g/mol. The van der Waals surface area contributed by atoms with E-state index in [4.69, 9.17) is 0 Å². The summed E-state index contributed by atoms with van der Waals surface area (Å²) in [5.74, 6) is 0. The molecule has 3 rings (SSSR count). The summed E-state index contributed by atoms with van der Waals surface area (Å²) in [4.78, 5) is 6.73.